The van der Waals surface area contributed by atoms with E-state index in [-0.39, 0.29) is 18.2 Å². The Bertz CT molecular complexity index is 878. The number of anilines is 1. The summed E-state index contributed by atoms with van der Waals surface area (Å²) < 4.78 is 0. The van der Waals surface area contributed by atoms with Crippen LogP contribution in [0.15, 0.2) is 42.5 Å². The Morgan fingerprint density at radius 3 is 2.44 bits per heavy atom. The van der Waals surface area contributed by atoms with E-state index in [4.69, 9.17) is 23.2 Å². The number of benzene rings is 2. The first-order valence-electron chi connectivity index (χ1n) is 9.13. The van der Waals surface area contributed by atoms with Gasteiger partial charge in [0.2, 0.25) is 5.91 Å². The zero-order valence-corrected chi connectivity index (χ0v) is 16.3. The van der Waals surface area contributed by atoms with Crippen molar-refractivity contribution in [2.75, 3.05) is 18.0 Å². The molecule has 4 nitrogen and oxygen atoms in total. The normalized spacial score (nSPS) is 17.3. The molecule has 0 radical (unpaired) electrons. The molecule has 1 fully saturated rings. The van der Waals surface area contributed by atoms with E-state index in [1.165, 1.54) is 0 Å². The second-order valence-corrected chi connectivity index (χ2v) is 8.00. The number of carbonyl (C=O) groups is 2. The minimum Gasteiger partial charge on any atom is -0.363 e. The average molecular weight is 403 g/mol. The molecule has 1 aliphatic carbocycles. The van der Waals surface area contributed by atoms with Gasteiger partial charge in [0.1, 0.15) is 0 Å². The lowest BCUT2D eigenvalue weighted by molar-refractivity contribution is -0.132. The molecule has 1 aliphatic heterocycles. The first-order valence-corrected chi connectivity index (χ1v) is 9.88. The van der Waals surface area contributed by atoms with Gasteiger partial charge in [-0.15, -0.1) is 0 Å². The number of halogens is 2. The van der Waals surface area contributed by atoms with Crippen molar-refractivity contribution < 1.29 is 9.59 Å². The molecule has 6 heteroatoms. The first kappa shape index (κ1) is 18.3. The Hall–Kier alpha value is -2.04. The number of Topliss-reactive ketones (excluding diaryl/α,β-unsaturated/α-hetero) is 1. The predicted molar refractivity (Wildman–Crippen MR) is 108 cm³/mol. The molecule has 0 bridgehead atoms. The smallest absolute Gasteiger partial charge is 0.224 e. The molecule has 27 heavy (non-hydrogen) atoms. The third kappa shape index (κ3) is 4.12. The molecular weight excluding hydrogens is 383 g/mol. The van der Waals surface area contributed by atoms with Gasteiger partial charge in [-0.3, -0.25) is 9.59 Å². The highest BCUT2D eigenvalue weighted by molar-refractivity contribution is 6.31. The minimum atomic E-state index is -0.000335. The summed E-state index contributed by atoms with van der Waals surface area (Å²) >= 11 is 12.1. The summed E-state index contributed by atoms with van der Waals surface area (Å²) in [7, 11) is 0. The molecule has 0 atom stereocenters. The molecule has 4 rings (SSSR count). The van der Waals surface area contributed by atoms with E-state index in [1.54, 1.807) is 24.3 Å². The van der Waals surface area contributed by atoms with Crippen LogP contribution in [0.4, 0.5) is 5.69 Å². The number of ketones is 1. The second-order valence-electron chi connectivity index (χ2n) is 7.13. The van der Waals surface area contributed by atoms with Gasteiger partial charge in [-0.05, 0) is 60.9 Å². The quantitative estimate of drug-likeness (QED) is 0.702. The summed E-state index contributed by atoms with van der Waals surface area (Å²) in [5, 5.41) is 1.24. The zero-order valence-electron chi connectivity index (χ0n) is 14.8. The summed E-state index contributed by atoms with van der Waals surface area (Å²) in [6, 6.07) is 12.9. The second kappa shape index (κ2) is 7.53. The van der Waals surface area contributed by atoms with Crippen LogP contribution in [0.25, 0.3) is 0 Å². The van der Waals surface area contributed by atoms with Crippen LogP contribution in [-0.2, 0) is 11.3 Å². The Kier molecular flexibility index (Phi) is 5.11. The molecule has 2 aromatic carbocycles. The molecule has 1 amide bonds. The molecule has 2 aliphatic rings. The summed E-state index contributed by atoms with van der Waals surface area (Å²) in [6.45, 7) is 1.27. The topological polar surface area (TPSA) is 40.6 Å². The minimum absolute atomic E-state index is 0.000335. The molecule has 0 aromatic heterocycles. The number of hydrogen-bond donors (Lipinski definition) is 0. The SMILES string of the molecule is O=C(CN1CCC(=O)N(C2CC2)Cc2cc(Cl)ccc21)c1ccc(Cl)cc1. The van der Waals surface area contributed by atoms with Gasteiger partial charge in [0.15, 0.2) is 5.78 Å². The van der Waals surface area contributed by atoms with Gasteiger partial charge in [-0.2, -0.15) is 0 Å². The van der Waals surface area contributed by atoms with Gasteiger partial charge in [-0.1, -0.05) is 23.2 Å². The maximum Gasteiger partial charge on any atom is 0.224 e. The summed E-state index contributed by atoms with van der Waals surface area (Å²) in [5.74, 6) is 0.145. The van der Waals surface area contributed by atoms with E-state index in [9.17, 15) is 9.59 Å². The van der Waals surface area contributed by atoms with E-state index < -0.39 is 0 Å². The van der Waals surface area contributed by atoms with Crippen molar-refractivity contribution in [1.29, 1.82) is 0 Å². The van der Waals surface area contributed by atoms with Crippen LogP contribution in [0.3, 0.4) is 0 Å². The van der Waals surface area contributed by atoms with E-state index in [2.05, 4.69) is 0 Å². The highest BCUT2D eigenvalue weighted by Gasteiger charge is 2.34. The van der Waals surface area contributed by atoms with E-state index in [0.717, 1.165) is 24.1 Å². The Labute approximate surface area is 168 Å². The van der Waals surface area contributed by atoms with Gasteiger partial charge >= 0.3 is 0 Å². The number of carbonyl (C=O) groups excluding carboxylic acids is 2. The van der Waals surface area contributed by atoms with Crippen molar-refractivity contribution in [3.8, 4) is 0 Å². The summed E-state index contributed by atoms with van der Waals surface area (Å²) in [6.07, 6.45) is 2.55. The Morgan fingerprint density at radius 2 is 1.74 bits per heavy atom. The van der Waals surface area contributed by atoms with Gasteiger partial charge < -0.3 is 9.80 Å². The van der Waals surface area contributed by atoms with Crippen LogP contribution in [0.2, 0.25) is 10.0 Å². The van der Waals surface area contributed by atoms with E-state index in [1.807, 2.05) is 28.0 Å². The fourth-order valence-electron chi connectivity index (χ4n) is 3.54. The highest BCUT2D eigenvalue weighted by Crippen LogP contribution is 2.34. The van der Waals surface area contributed by atoms with Crippen molar-refractivity contribution in [3.05, 3.63) is 63.6 Å². The van der Waals surface area contributed by atoms with Crippen LogP contribution in [0, 0.1) is 0 Å². The Balaban J connectivity index is 1.62. The largest absolute Gasteiger partial charge is 0.363 e. The molecule has 2 aromatic rings. The number of hydrogen-bond acceptors (Lipinski definition) is 3. The molecule has 1 saturated carbocycles. The maximum absolute atomic E-state index is 12.8. The third-order valence-corrected chi connectivity index (χ3v) is 5.61. The maximum atomic E-state index is 12.8. The fraction of sp³-hybridized carbons (Fsp3) is 0.333. The molecule has 0 spiro atoms. The van der Waals surface area contributed by atoms with Crippen LogP contribution >= 0.6 is 23.2 Å². The lowest BCUT2D eigenvalue weighted by atomic mass is 10.1. The lowest BCUT2D eigenvalue weighted by Gasteiger charge is -2.33. The fourth-order valence-corrected chi connectivity index (χ4v) is 3.86. The summed E-state index contributed by atoms with van der Waals surface area (Å²) in [4.78, 5) is 29.4. The standard InChI is InChI=1S/C21H20Cl2N2O2/c22-16-3-1-14(2-4-16)20(26)13-24-10-9-21(27)25(18-6-7-18)12-15-11-17(23)5-8-19(15)24/h1-5,8,11,18H,6-7,9-10,12-13H2. The average Bonchev–Trinajstić information content (AvgIpc) is 3.47. The van der Waals surface area contributed by atoms with Crippen molar-refractivity contribution in [2.45, 2.75) is 31.8 Å². The Morgan fingerprint density at radius 1 is 1.04 bits per heavy atom. The number of amides is 1. The van der Waals surface area contributed by atoms with Crippen LogP contribution in [-0.4, -0.2) is 35.7 Å². The number of fused-ring (bicyclic) bond motifs is 1. The van der Waals surface area contributed by atoms with E-state index >= 15 is 0 Å². The van der Waals surface area contributed by atoms with Gasteiger partial charge in [0.05, 0.1) is 6.54 Å². The molecule has 0 unspecified atom stereocenters. The zero-order chi connectivity index (χ0) is 19.0. The molecule has 1 heterocycles. The molecule has 0 N–H and O–H groups in total. The van der Waals surface area contributed by atoms with Crippen molar-refractivity contribution in [1.82, 2.24) is 4.90 Å². The van der Waals surface area contributed by atoms with Crippen LogP contribution in [0.1, 0.15) is 35.2 Å². The number of rotatable bonds is 4. The first-order chi connectivity index (χ1) is 13.0. The van der Waals surface area contributed by atoms with Gasteiger partial charge in [-0.25, -0.2) is 0 Å². The molecule has 140 valence electrons. The van der Waals surface area contributed by atoms with Crippen molar-refractivity contribution >= 4 is 40.6 Å². The molecular formula is C21H20Cl2N2O2. The van der Waals surface area contributed by atoms with E-state index in [0.29, 0.717) is 41.2 Å². The summed E-state index contributed by atoms with van der Waals surface area (Å²) in [5.41, 5.74) is 2.58. The highest BCUT2D eigenvalue weighted by atomic mass is 35.5. The predicted octanol–water partition coefficient (Wildman–Crippen LogP) is 4.58. The third-order valence-electron chi connectivity index (χ3n) is 5.13. The van der Waals surface area contributed by atoms with Crippen molar-refractivity contribution in [3.63, 3.8) is 0 Å². The number of nitrogens with zero attached hydrogens (tertiary/aromatic N) is 2. The lowest BCUT2D eigenvalue weighted by Crippen LogP contribution is -2.40. The monoisotopic (exact) mass is 402 g/mol. The van der Waals surface area contributed by atoms with Crippen molar-refractivity contribution in [2.24, 2.45) is 0 Å². The molecule has 0 saturated heterocycles. The van der Waals surface area contributed by atoms with Crippen LogP contribution < -0.4 is 4.90 Å². The van der Waals surface area contributed by atoms with Gasteiger partial charge in [0.25, 0.3) is 0 Å². The van der Waals surface area contributed by atoms with Gasteiger partial charge in [0, 0.05) is 46.8 Å². The van der Waals surface area contributed by atoms with Crippen LogP contribution in [0.5, 0.6) is 0 Å².